The minimum Gasteiger partial charge on any atom is -0.508 e. The summed E-state index contributed by atoms with van der Waals surface area (Å²) in [6.07, 6.45) is 9.36. The highest BCUT2D eigenvalue weighted by atomic mass is 19.1. The zero-order valence-corrected chi connectivity index (χ0v) is 23.8. The molecule has 1 aromatic heterocycles. The molecule has 220 valence electrons. The van der Waals surface area contributed by atoms with Crippen molar-refractivity contribution in [2.45, 2.75) is 55.9 Å². The molecule has 3 aromatic carbocycles. The highest BCUT2D eigenvalue weighted by Crippen LogP contribution is 2.42. The molecule has 0 aliphatic carbocycles. The first-order chi connectivity index (χ1) is 20.9. The summed E-state index contributed by atoms with van der Waals surface area (Å²) < 4.78 is 37.5. The van der Waals surface area contributed by atoms with Gasteiger partial charge in [-0.15, -0.1) is 6.42 Å². The van der Waals surface area contributed by atoms with Crippen molar-refractivity contribution in [3.05, 3.63) is 53.8 Å². The number of ether oxygens (including phenoxy) is 1. The Bertz CT molecular complexity index is 1800. The molecule has 2 bridgehead atoms. The lowest BCUT2D eigenvalue weighted by atomic mass is 9.92. The quantitative estimate of drug-likeness (QED) is 0.315. The second-order valence-corrected chi connectivity index (χ2v) is 12.5. The van der Waals surface area contributed by atoms with Gasteiger partial charge in [-0.1, -0.05) is 24.1 Å². The van der Waals surface area contributed by atoms with Gasteiger partial charge in [0, 0.05) is 60.0 Å². The molecule has 0 amide bonds. The number of phenolic OH excluding ortho intramolecular Hbond substituents is 1. The van der Waals surface area contributed by atoms with E-state index in [1.165, 1.54) is 0 Å². The SMILES string of the molecule is C#Cc1cccc2cc(O)cc(-c3ccc4c(N5CC6CCC5CN6)nc(OC[C@@]56CCCN5C[C@H](F)C6)nc4c3F)c12. The van der Waals surface area contributed by atoms with Crippen molar-refractivity contribution in [3.63, 3.8) is 0 Å². The Morgan fingerprint density at radius 3 is 2.84 bits per heavy atom. The second kappa shape index (κ2) is 10.0. The van der Waals surface area contributed by atoms with Crippen LogP contribution in [0.15, 0.2) is 42.5 Å². The number of hydrogen-bond donors (Lipinski definition) is 2. The number of aromatic hydroxyl groups is 1. The zero-order chi connectivity index (χ0) is 29.3. The van der Waals surface area contributed by atoms with E-state index in [0.717, 1.165) is 50.7 Å². The molecule has 2 N–H and O–H groups in total. The maximum absolute atomic E-state index is 16.8. The molecule has 9 rings (SSSR count). The number of benzene rings is 3. The number of nitrogens with zero attached hydrogens (tertiary/aromatic N) is 4. The van der Waals surface area contributed by atoms with E-state index in [1.807, 2.05) is 24.3 Å². The Morgan fingerprint density at radius 2 is 2.05 bits per heavy atom. The van der Waals surface area contributed by atoms with Gasteiger partial charge in [0.25, 0.3) is 0 Å². The van der Waals surface area contributed by atoms with Crippen molar-refractivity contribution >= 4 is 27.5 Å². The van der Waals surface area contributed by atoms with Gasteiger partial charge < -0.3 is 20.1 Å². The molecular formula is C34H33F2N5O2. The number of terminal acetylenes is 1. The van der Waals surface area contributed by atoms with Crippen molar-refractivity contribution in [1.29, 1.82) is 0 Å². The van der Waals surface area contributed by atoms with Crippen LogP contribution in [0.3, 0.4) is 0 Å². The summed E-state index contributed by atoms with van der Waals surface area (Å²) in [5.74, 6) is 2.84. The molecule has 4 atom stereocenters. The van der Waals surface area contributed by atoms with Gasteiger partial charge in [-0.25, -0.2) is 8.78 Å². The number of piperidine rings is 2. The summed E-state index contributed by atoms with van der Waals surface area (Å²) in [5.41, 5.74) is 1.16. The molecule has 4 aromatic rings. The molecule has 0 spiro atoms. The lowest BCUT2D eigenvalue weighted by Gasteiger charge is -2.46. The van der Waals surface area contributed by atoms with Crippen molar-refractivity contribution in [2.24, 2.45) is 0 Å². The molecule has 0 radical (unpaired) electrons. The number of fused-ring (bicyclic) bond motifs is 6. The smallest absolute Gasteiger partial charge is 0.319 e. The number of halogens is 2. The van der Waals surface area contributed by atoms with Gasteiger partial charge in [0.2, 0.25) is 0 Å². The number of piperazine rings is 1. The second-order valence-electron chi connectivity index (χ2n) is 12.5. The molecule has 2 unspecified atom stereocenters. The number of alkyl halides is 1. The summed E-state index contributed by atoms with van der Waals surface area (Å²) >= 11 is 0. The summed E-state index contributed by atoms with van der Waals surface area (Å²) in [4.78, 5) is 14.0. The van der Waals surface area contributed by atoms with Gasteiger partial charge in [-0.3, -0.25) is 4.90 Å². The monoisotopic (exact) mass is 581 g/mol. The lowest BCUT2D eigenvalue weighted by Crippen LogP contribution is -2.61. The third-order valence-electron chi connectivity index (χ3n) is 10.0. The standard InChI is InChI=1S/C34H33F2N5O2/c1-2-20-5-3-6-21-13-25(42)14-28(29(20)21)26-9-10-27-31(30(26)36)38-33(39-32(27)41-18-23-7-8-24(41)16-37-23)43-19-34-11-4-12-40(34)17-22(35)15-34/h1,3,5-6,9-10,13-14,22-24,37,42H,4,7-8,11-12,15-19H2/t22-,23?,24?,34+/m1/s1. The number of hydrogen-bond acceptors (Lipinski definition) is 7. The number of rotatable bonds is 5. The van der Waals surface area contributed by atoms with Gasteiger partial charge in [-0.05, 0) is 67.4 Å². The molecular weight excluding hydrogens is 548 g/mol. The van der Waals surface area contributed by atoms with E-state index < -0.39 is 12.0 Å². The van der Waals surface area contributed by atoms with Gasteiger partial charge in [0.15, 0.2) is 5.82 Å². The number of nitrogens with one attached hydrogen (secondary N) is 1. The first-order valence-corrected chi connectivity index (χ1v) is 15.2. The fourth-order valence-electron chi connectivity index (χ4n) is 7.98. The third kappa shape index (κ3) is 4.30. The maximum atomic E-state index is 16.8. The van der Waals surface area contributed by atoms with Crippen molar-refractivity contribution in [1.82, 2.24) is 20.2 Å². The first kappa shape index (κ1) is 26.6. The van der Waals surface area contributed by atoms with Crippen LogP contribution in [0.4, 0.5) is 14.6 Å². The van der Waals surface area contributed by atoms with Gasteiger partial charge in [-0.2, -0.15) is 9.97 Å². The summed E-state index contributed by atoms with van der Waals surface area (Å²) in [7, 11) is 0. The van der Waals surface area contributed by atoms with Crippen LogP contribution in [0, 0.1) is 18.2 Å². The van der Waals surface area contributed by atoms with Crippen LogP contribution in [0.2, 0.25) is 0 Å². The zero-order valence-electron chi connectivity index (χ0n) is 23.8. The molecule has 5 fully saturated rings. The van der Waals surface area contributed by atoms with Gasteiger partial charge in [0.1, 0.15) is 29.9 Å². The molecule has 5 aliphatic rings. The van der Waals surface area contributed by atoms with Crippen LogP contribution in [-0.2, 0) is 0 Å². The molecule has 6 heterocycles. The van der Waals surface area contributed by atoms with Gasteiger partial charge in [0.05, 0.1) is 5.54 Å². The normalized spacial score (nSPS) is 26.7. The Kier molecular flexibility index (Phi) is 6.21. The summed E-state index contributed by atoms with van der Waals surface area (Å²) in [6, 6.07) is 12.9. The first-order valence-electron chi connectivity index (χ1n) is 15.2. The number of anilines is 1. The van der Waals surface area contributed by atoms with Crippen LogP contribution in [0.25, 0.3) is 32.8 Å². The van der Waals surface area contributed by atoms with E-state index in [0.29, 0.717) is 46.7 Å². The lowest BCUT2D eigenvalue weighted by molar-refractivity contribution is 0.107. The predicted molar refractivity (Wildman–Crippen MR) is 163 cm³/mol. The topological polar surface area (TPSA) is 73.8 Å². The molecule has 0 saturated carbocycles. The highest BCUT2D eigenvalue weighted by Gasteiger charge is 2.49. The van der Waals surface area contributed by atoms with E-state index in [1.54, 1.807) is 18.2 Å². The van der Waals surface area contributed by atoms with Crippen LogP contribution in [0.1, 0.15) is 37.7 Å². The molecule has 43 heavy (non-hydrogen) atoms. The van der Waals surface area contributed by atoms with E-state index in [4.69, 9.17) is 16.1 Å². The third-order valence-corrected chi connectivity index (χ3v) is 10.0. The molecule has 5 saturated heterocycles. The summed E-state index contributed by atoms with van der Waals surface area (Å²) in [6.45, 7) is 3.14. The van der Waals surface area contributed by atoms with Gasteiger partial charge >= 0.3 is 6.01 Å². The summed E-state index contributed by atoms with van der Waals surface area (Å²) in [5, 5.41) is 16.2. The van der Waals surface area contributed by atoms with E-state index in [-0.39, 0.29) is 41.0 Å². The van der Waals surface area contributed by atoms with Crippen molar-refractivity contribution < 1.29 is 18.6 Å². The fourth-order valence-corrected chi connectivity index (χ4v) is 7.98. The number of aromatic nitrogens is 2. The van der Waals surface area contributed by atoms with E-state index >= 15 is 4.39 Å². The number of phenols is 1. The maximum Gasteiger partial charge on any atom is 0.319 e. The van der Waals surface area contributed by atoms with Crippen molar-refractivity contribution in [3.8, 4) is 35.2 Å². The molecule has 5 aliphatic heterocycles. The van der Waals surface area contributed by atoms with Crippen LogP contribution >= 0.6 is 0 Å². The molecule has 9 heteroatoms. The molecule has 7 nitrogen and oxygen atoms in total. The van der Waals surface area contributed by atoms with E-state index in [9.17, 15) is 9.50 Å². The Labute approximate surface area is 248 Å². The fraction of sp³-hybridized carbons (Fsp3) is 0.412. The Morgan fingerprint density at radius 1 is 1.14 bits per heavy atom. The average molecular weight is 582 g/mol. The average Bonchev–Trinajstić information content (AvgIpc) is 3.55. The van der Waals surface area contributed by atoms with E-state index in [2.05, 4.69) is 26.0 Å². The highest BCUT2D eigenvalue weighted by molar-refractivity contribution is 6.04. The largest absolute Gasteiger partial charge is 0.508 e. The van der Waals surface area contributed by atoms with Crippen molar-refractivity contribution in [2.75, 3.05) is 37.7 Å². The minimum atomic E-state index is -0.876. The Balaban J connectivity index is 1.28. The van der Waals surface area contributed by atoms with Crippen LogP contribution in [0.5, 0.6) is 11.8 Å². The predicted octanol–water partition coefficient (Wildman–Crippen LogP) is 5.17. The van der Waals surface area contributed by atoms with Crippen LogP contribution in [-0.4, -0.2) is 76.6 Å². The Hall–Kier alpha value is -4.00. The van der Waals surface area contributed by atoms with Crippen LogP contribution < -0.4 is 15.0 Å². The minimum absolute atomic E-state index is 0.0171.